The predicted molar refractivity (Wildman–Crippen MR) is 76.1 cm³/mol. The molecule has 19 heavy (non-hydrogen) atoms. The average Bonchev–Trinajstić information content (AvgIpc) is 3.07. The van der Waals surface area contributed by atoms with E-state index in [-0.39, 0.29) is 6.04 Å². The molecule has 1 fully saturated rings. The first-order valence-corrected chi connectivity index (χ1v) is 7.82. The van der Waals surface area contributed by atoms with E-state index in [0.717, 1.165) is 30.3 Å². The lowest BCUT2D eigenvalue weighted by atomic mass is 9.90. The van der Waals surface area contributed by atoms with E-state index in [4.69, 9.17) is 4.52 Å². The Hall–Kier alpha value is -1.20. The van der Waals surface area contributed by atoms with Gasteiger partial charge in [-0.3, -0.25) is 0 Å². The van der Waals surface area contributed by atoms with Crippen molar-refractivity contribution < 1.29 is 4.52 Å². The molecule has 2 atom stereocenters. The smallest absolute Gasteiger partial charge is 0.244 e. The van der Waals surface area contributed by atoms with E-state index in [1.807, 2.05) is 0 Å². The van der Waals surface area contributed by atoms with Crippen molar-refractivity contribution in [1.82, 2.24) is 15.5 Å². The van der Waals surface area contributed by atoms with Gasteiger partial charge in [0.25, 0.3) is 0 Å². The molecule has 5 heteroatoms. The van der Waals surface area contributed by atoms with Gasteiger partial charge in [-0.1, -0.05) is 18.5 Å². The molecule has 2 aromatic heterocycles. The number of aromatic nitrogens is 2. The van der Waals surface area contributed by atoms with Crippen molar-refractivity contribution in [2.75, 3.05) is 6.54 Å². The molecule has 3 heterocycles. The van der Waals surface area contributed by atoms with Gasteiger partial charge in [0.2, 0.25) is 11.7 Å². The van der Waals surface area contributed by atoms with Gasteiger partial charge in [0.05, 0.1) is 6.04 Å². The molecule has 3 rings (SSSR count). The number of nitrogens with zero attached hydrogens (tertiary/aromatic N) is 2. The summed E-state index contributed by atoms with van der Waals surface area (Å²) in [7, 11) is 0. The third-order valence-corrected chi connectivity index (χ3v) is 4.79. The van der Waals surface area contributed by atoms with Crippen LogP contribution in [0.1, 0.15) is 43.7 Å². The topological polar surface area (TPSA) is 51.0 Å². The van der Waals surface area contributed by atoms with Crippen molar-refractivity contribution in [3.63, 3.8) is 0 Å². The highest BCUT2D eigenvalue weighted by Gasteiger charge is 2.26. The highest BCUT2D eigenvalue weighted by molar-refractivity contribution is 7.08. The van der Waals surface area contributed by atoms with Gasteiger partial charge in [0.15, 0.2) is 0 Å². The number of rotatable bonds is 3. The van der Waals surface area contributed by atoms with Crippen molar-refractivity contribution in [1.29, 1.82) is 0 Å². The average molecular weight is 277 g/mol. The van der Waals surface area contributed by atoms with Crippen molar-refractivity contribution >= 4 is 11.3 Å². The standard InChI is InChI=1S/C14H19N3OS/c1-3-10-4-5-15-12(6-10)14-16-13(17-18-14)11-8-19-7-9(11)2/h7-8,10,12,15H,3-6H2,1-2H3. The van der Waals surface area contributed by atoms with Gasteiger partial charge in [-0.15, -0.1) is 0 Å². The molecule has 0 radical (unpaired) electrons. The van der Waals surface area contributed by atoms with Crippen molar-refractivity contribution in [2.24, 2.45) is 5.92 Å². The number of piperidine rings is 1. The predicted octanol–water partition coefficient (Wildman–Crippen LogP) is 3.56. The Bertz CT molecular complexity index is 548. The zero-order valence-corrected chi connectivity index (χ0v) is 12.2. The van der Waals surface area contributed by atoms with Gasteiger partial charge >= 0.3 is 0 Å². The maximum absolute atomic E-state index is 5.46. The molecule has 0 bridgehead atoms. The molecule has 1 saturated heterocycles. The van der Waals surface area contributed by atoms with Crippen molar-refractivity contribution in [3.8, 4) is 11.4 Å². The van der Waals surface area contributed by atoms with Crippen LogP contribution in [0.25, 0.3) is 11.4 Å². The quantitative estimate of drug-likeness (QED) is 0.932. The lowest BCUT2D eigenvalue weighted by Crippen LogP contribution is -2.31. The molecule has 102 valence electrons. The maximum Gasteiger partial charge on any atom is 0.244 e. The normalized spacial score (nSPS) is 23.7. The first kappa shape index (κ1) is 12.8. The highest BCUT2D eigenvalue weighted by Crippen LogP contribution is 2.30. The fraction of sp³-hybridized carbons (Fsp3) is 0.571. The Morgan fingerprint density at radius 3 is 3.11 bits per heavy atom. The minimum Gasteiger partial charge on any atom is -0.337 e. The van der Waals surface area contributed by atoms with E-state index in [1.165, 1.54) is 18.4 Å². The van der Waals surface area contributed by atoms with Crippen molar-refractivity contribution in [3.05, 3.63) is 22.2 Å². The number of thiophene rings is 1. The summed E-state index contributed by atoms with van der Waals surface area (Å²) in [5, 5.41) is 11.8. The Kier molecular flexibility index (Phi) is 3.66. The van der Waals surface area contributed by atoms with Crippen LogP contribution in [-0.2, 0) is 0 Å². The molecular formula is C14H19N3OS. The van der Waals surface area contributed by atoms with Crippen LogP contribution < -0.4 is 5.32 Å². The second-order valence-corrected chi connectivity index (χ2v) is 5.97. The van der Waals surface area contributed by atoms with Gasteiger partial charge in [-0.05, 0) is 43.2 Å². The lowest BCUT2D eigenvalue weighted by molar-refractivity contribution is 0.246. The van der Waals surface area contributed by atoms with Crippen LogP contribution in [-0.4, -0.2) is 16.7 Å². The van der Waals surface area contributed by atoms with Crippen LogP contribution in [0, 0.1) is 12.8 Å². The van der Waals surface area contributed by atoms with E-state index in [9.17, 15) is 0 Å². The summed E-state index contributed by atoms with van der Waals surface area (Å²) in [6, 6.07) is 0.221. The largest absolute Gasteiger partial charge is 0.337 e. The molecule has 0 saturated carbocycles. The van der Waals surface area contributed by atoms with Crippen LogP contribution in [0.5, 0.6) is 0 Å². The maximum atomic E-state index is 5.46. The zero-order chi connectivity index (χ0) is 13.2. The summed E-state index contributed by atoms with van der Waals surface area (Å²) in [5.41, 5.74) is 2.29. The second kappa shape index (κ2) is 5.43. The summed E-state index contributed by atoms with van der Waals surface area (Å²) in [5.74, 6) is 2.22. The fourth-order valence-corrected chi connectivity index (χ4v) is 3.46. The van der Waals surface area contributed by atoms with E-state index in [2.05, 4.69) is 40.1 Å². The summed E-state index contributed by atoms with van der Waals surface area (Å²) in [6.07, 6.45) is 3.57. The van der Waals surface area contributed by atoms with E-state index < -0.39 is 0 Å². The molecule has 1 aliphatic heterocycles. The van der Waals surface area contributed by atoms with Gasteiger partial charge in [-0.25, -0.2) is 0 Å². The highest BCUT2D eigenvalue weighted by atomic mass is 32.1. The summed E-state index contributed by atoms with van der Waals surface area (Å²) >= 11 is 1.67. The minimum absolute atomic E-state index is 0.221. The zero-order valence-electron chi connectivity index (χ0n) is 11.3. The van der Waals surface area contributed by atoms with Gasteiger partial charge in [0.1, 0.15) is 0 Å². The Labute approximate surface area is 117 Å². The summed E-state index contributed by atoms with van der Waals surface area (Å²) in [6.45, 7) is 5.37. The van der Waals surface area contributed by atoms with E-state index in [1.54, 1.807) is 11.3 Å². The van der Waals surface area contributed by atoms with E-state index in [0.29, 0.717) is 5.82 Å². The summed E-state index contributed by atoms with van der Waals surface area (Å²) in [4.78, 5) is 4.57. The van der Waals surface area contributed by atoms with Crippen LogP contribution in [0.4, 0.5) is 0 Å². The Morgan fingerprint density at radius 1 is 1.47 bits per heavy atom. The molecule has 4 nitrogen and oxygen atoms in total. The first-order valence-electron chi connectivity index (χ1n) is 6.88. The van der Waals surface area contributed by atoms with Crippen LogP contribution in [0.3, 0.4) is 0 Å². The number of hydrogen-bond donors (Lipinski definition) is 1. The SMILES string of the molecule is CCC1CCNC(c2nc(-c3cscc3C)no2)C1. The molecule has 0 spiro atoms. The molecule has 2 unspecified atom stereocenters. The molecule has 1 N–H and O–H groups in total. The Balaban J connectivity index is 1.79. The lowest BCUT2D eigenvalue weighted by Gasteiger charge is -2.27. The van der Waals surface area contributed by atoms with Gasteiger partial charge in [0, 0.05) is 10.9 Å². The monoisotopic (exact) mass is 277 g/mol. The molecular weight excluding hydrogens is 258 g/mol. The molecule has 0 aromatic carbocycles. The van der Waals surface area contributed by atoms with E-state index >= 15 is 0 Å². The number of hydrogen-bond acceptors (Lipinski definition) is 5. The molecule has 0 amide bonds. The van der Waals surface area contributed by atoms with Crippen LogP contribution in [0.2, 0.25) is 0 Å². The second-order valence-electron chi connectivity index (χ2n) is 5.23. The summed E-state index contributed by atoms with van der Waals surface area (Å²) < 4.78 is 5.46. The molecule has 2 aromatic rings. The van der Waals surface area contributed by atoms with Gasteiger partial charge < -0.3 is 9.84 Å². The molecule has 1 aliphatic rings. The fourth-order valence-electron chi connectivity index (χ4n) is 2.63. The number of nitrogens with one attached hydrogen (secondary N) is 1. The Morgan fingerprint density at radius 2 is 2.37 bits per heavy atom. The number of aryl methyl sites for hydroxylation is 1. The third-order valence-electron chi connectivity index (χ3n) is 3.93. The van der Waals surface area contributed by atoms with Crippen LogP contribution >= 0.6 is 11.3 Å². The van der Waals surface area contributed by atoms with Crippen molar-refractivity contribution in [2.45, 2.75) is 39.2 Å². The third kappa shape index (κ3) is 2.58. The minimum atomic E-state index is 0.221. The first-order chi connectivity index (χ1) is 9.28. The molecule has 0 aliphatic carbocycles. The van der Waals surface area contributed by atoms with Gasteiger partial charge in [-0.2, -0.15) is 16.3 Å². The van der Waals surface area contributed by atoms with Crippen LogP contribution in [0.15, 0.2) is 15.3 Å².